The van der Waals surface area contributed by atoms with Gasteiger partial charge in [-0.2, -0.15) is 0 Å². The summed E-state index contributed by atoms with van der Waals surface area (Å²) in [6, 6.07) is 6.07. The predicted molar refractivity (Wildman–Crippen MR) is 93.3 cm³/mol. The van der Waals surface area contributed by atoms with E-state index in [2.05, 4.69) is 13.0 Å². The molecule has 1 aromatic rings. The van der Waals surface area contributed by atoms with E-state index in [9.17, 15) is 0 Å². The van der Waals surface area contributed by atoms with Crippen molar-refractivity contribution >= 4 is 18.9 Å². The monoisotopic (exact) mass is 302 g/mol. The second-order valence-electron chi connectivity index (χ2n) is 6.83. The van der Waals surface area contributed by atoms with Gasteiger partial charge in [-0.15, -0.1) is 0 Å². The lowest BCUT2D eigenvalue weighted by Gasteiger charge is -2.32. The molecule has 4 nitrogen and oxygen atoms in total. The van der Waals surface area contributed by atoms with Gasteiger partial charge in [0.15, 0.2) is 0 Å². The summed E-state index contributed by atoms with van der Waals surface area (Å²) in [5.74, 6) is 0. The molecule has 1 heterocycles. The molecule has 5 heteroatoms. The van der Waals surface area contributed by atoms with Crippen LogP contribution >= 0.6 is 0 Å². The number of benzene rings is 1. The fourth-order valence-corrected chi connectivity index (χ4v) is 2.39. The lowest BCUT2D eigenvalue weighted by Crippen LogP contribution is -2.41. The van der Waals surface area contributed by atoms with E-state index in [4.69, 9.17) is 20.8 Å². The minimum Gasteiger partial charge on any atom is -0.400 e. The van der Waals surface area contributed by atoms with E-state index in [1.165, 1.54) is 5.56 Å². The first-order chi connectivity index (χ1) is 10.2. The minimum atomic E-state index is -0.431. The van der Waals surface area contributed by atoms with Gasteiger partial charge in [-0.3, -0.25) is 0 Å². The van der Waals surface area contributed by atoms with Gasteiger partial charge >= 0.3 is 7.12 Å². The summed E-state index contributed by atoms with van der Waals surface area (Å²) in [4.78, 5) is 0. The normalized spacial score (nSPS) is 20.5. The van der Waals surface area contributed by atoms with Gasteiger partial charge in [-0.1, -0.05) is 19.1 Å². The van der Waals surface area contributed by atoms with E-state index in [-0.39, 0.29) is 11.2 Å². The van der Waals surface area contributed by atoms with E-state index < -0.39 is 7.12 Å². The van der Waals surface area contributed by atoms with E-state index in [1.54, 1.807) is 0 Å². The highest BCUT2D eigenvalue weighted by molar-refractivity contribution is 6.56. The molecule has 0 atom stereocenters. The lowest BCUT2D eigenvalue weighted by atomic mass is 9.77. The van der Waals surface area contributed by atoms with Crippen molar-refractivity contribution in [1.29, 1.82) is 0 Å². The lowest BCUT2D eigenvalue weighted by molar-refractivity contribution is 0.00578. The predicted octanol–water partition coefficient (Wildman–Crippen LogP) is 2.80. The zero-order valence-corrected chi connectivity index (χ0v) is 14.3. The van der Waals surface area contributed by atoms with Crippen LogP contribution in [0, 0.1) is 0 Å². The summed E-state index contributed by atoms with van der Waals surface area (Å²) in [6.45, 7) is 10.6. The molecule has 120 valence electrons. The average Bonchev–Trinajstić information content (AvgIpc) is 2.66. The third-order valence-corrected chi connectivity index (χ3v) is 4.69. The Morgan fingerprint density at radius 3 is 2.27 bits per heavy atom. The second kappa shape index (κ2) is 6.07. The first-order valence-electron chi connectivity index (χ1n) is 7.84. The van der Waals surface area contributed by atoms with Crippen molar-refractivity contribution in [2.45, 2.75) is 52.2 Å². The maximum Gasteiger partial charge on any atom is 0.491 e. The zero-order valence-electron chi connectivity index (χ0n) is 14.3. The average molecular weight is 302 g/mol. The fourth-order valence-electron chi connectivity index (χ4n) is 2.39. The molecular formula is C17H27BN2O2. The second-order valence-corrected chi connectivity index (χ2v) is 6.83. The Morgan fingerprint density at radius 1 is 1.18 bits per heavy atom. The zero-order chi connectivity index (χ0) is 16.5. The number of nitrogen functional groups attached to an aromatic ring is 1. The highest BCUT2D eigenvalue weighted by Gasteiger charge is 2.52. The molecule has 0 radical (unpaired) electrons. The number of rotatable bonds is 4. The van der Waals surface area contributed by atoms with Crippen LogP contribution in [0.4, 0.5) is 5.69 Å². The van der Waals surface area contributed by atoms with Crippen LogP contribution in [0.15, 0.2) is 23.7 Å². The molecule has 0 bridgehead atoms. The van der Waals surface area contributed by atoms with Crippen molar-refractivity contribution in [3.05, 3.63) is 34.8 Å². The van der Waals surface area contributed by atoms with Gasteiger partial charge in [0.1, 0.15) is 0 Å². The topological polar surface area (TPSA) is 70.5 Å². The number of hydrogen-bond donors (Lipinski definition) is 2. The Balaban J connectivity index is 2.33. The Morgan fingerprint density at radius 2 is 1.77 bits per heavy atom. The number of hydrogen-bond acceptors (Lipinski definition) is 4. The third-order valence-electron chi connectivity index (χ3n) is 4.69. The van der Waals surface area contributed by atoms with E-state index in [0.717, 1.165) is 23.1 Å². The summed E-state index contributed by atoms with van der Waals surface area (Å²) in [5.41, 5.74) is 15.1. The van der Waals surface area contributed by atoms with Crippen molar-refractivity contribution in [2.24, 2.45) is 5.73 Å². The smallest absolute Gasteiger partial charge is 0.400 e. The highest BCUT2D eigenvalue weighted by atomic mass is 16.7. The van der Waals surface area contributed by atoms with E-state index in [0.29, 0.717) is 6.54 Å². The van der Waals surface area contributed by atoms with Gasteiger partial charge in [0.05, 0.1) is 11.2 Å². The summed E-state index contributed by atoms with van der Waals surface area (Å²) in [6.07, 6.45) is 2.96. The van der Waals surface area contributed by atoms with Crippen molar-refractivity contribution in [2.75, 3.05) is 12.3 Å². The molecule has 0 saturated carbocycles. The molecule has 1 aliphatic heterocycles. The quantitative estimate of drug-likeness (QED) is 0.663. The molecule has 0 aromatic heterocycles. The number of nitrogens with two attached hydrogens (primary N) is 2. The first-order valence-corrected chi connectivity index (χ1v) is 7.84. The fraction of sp³-hybridized carbons (Fsp3) is 0.529. The van der Waals surface area contributed by atoms with Crippen LogP contribution in [0.3, 0.4) is 0 Å². The van der Waals surface area contributed by atoms with Gasteiger partial charge in [0.25, 0.3) is 0 Å². The van der Waals surface area contributed by atoms with Crippen molar-refractivity contribution in [1.82, 2.24) is 0 Å². The molecule has 0 aliphatic carbocycles. The van der Waals surface area contributed by atoms with Crippen LogP contribution in [-0.4, -0.2) is 24.9 Å². The molecule has 0 spiro atoms. The molecule has 1 aliphatic rings. The van der Waals surface area contributed by atoms with Crippen LogP contribution in [0.1, 0.15) is 45.7 Å². The largest absolute Gasteiger partial charge is 0.491 e. The molecule has 1 aromatic carbocycles. The Hall–Kier alpha value is -1.30. The summed E-state index contributed by atoms with van der Waals surface area (Å²) >= 11 is 0. The molecule has 2 rings (SSSR count). The highest BCUT2D eigenvalue weighted by Crippen LogP contribution is 2.38. The van der Waals surface area contributed by atoms with Crippen LogP contribution in [0.25, 0.3) is 6.08 Å². The van der Waals surface area contributed by atoms with Crippen LogP contribution in [0.5, 0.6) is 0 Å². The Kier molecular flexibility index (Phi) is 4.71. The molecule has 22 heavy (non-hydrogen) atoms. The summed E-state index contributed by atoms with van der Waals surface area (Å²) in [5, 5.41) is 0. The number of anilines is 1. The third kappa shape index (κ3) is 3.22. The van der Waals surface area contributed by atoms with Crippen LogP contribution < -0.4 is 11.5 Å². The van der Waals surface area contributed by atoms with Gasteiger partial charge in [0.2, 0.25) is 0 Å². The van der Waals surface area contributed by atoms with Crippen molar-refractivity contribution in [3.63, 3.8) is 0 Å². The van der Waals surface area contributed by atoms with Crippen molar-refractivity contribution < 1.29 is 9.31 Å². The van der Waals surface area contributed by atoms with E-state index in [1.807, 2.05) is 45.9 Å². The Bertz CT molecular complexity index is 566. The van der Waals surface area contributed by atoms with E-state index >= 15 is 0 Å². The van der Waals surface area contributed by atoms with Crippen LogP contribution in [-0.2, 0) is 15.7 Å². The van der Waals surface area contributed by atoms with Gasteiger partial charge in [-0.05, 0) is 62.8 Å². The molecular weight excluding hydrogens is 275 g/mol. The maximum atomic E-state index is 6.09. The van der Waals surface area contributed by atoms with Crippen molar-refractivity contribution in [3.8, 4) is 0 Å². The van der Waals surface area contributed by atoms with Gasteiger partial charge in [-0.25, -0.2) is 0 Å². The molecule has 0 amide bonds. The summed E-state index contributed by atoms with van der Waals surface area (Å²) in [7, 11) is -0.431. The SMILES string of the molecule is CCc1ccc(N)c(C=C(CN)B2OC(C)(C)C(C)(C)O2)c1. The molecule has 1 saturated heterocycles. The van der Waals surface area contributed by atoms with Gasteiger partial charge in [0, 0.05) is 12.2 Å². The first kappa shape index (κ1) is 17.1. The minimum absolute atomic E-state index is 0.368. The molecule has 1 fully saturated rings. The van der Waals surface area contributed by atoms with Gasteiger partial charge < -0.3 is 20.8 Å². The standard InChI is InChI=1S/C17H27BN2O2/c1-6-12-7-8-15(20)13(9-12)10-14(11-19)18-21-16(2,3)17(4,5)22-18/h7-10H,6,11,19-20H2,1-5H3. The maximum absolute atomic E-state index is 6.09. The Labute approximate surface area is 134 Å². The number of aryl methyl sites for hydroxylation is 1. The summed E-state index contributed by atoms with van der Waals surface area (Å²) < 4.78 is 12.1. The molecule has 4 N–H and O–H groups in total. The molecule has 0 unspecified atom stereocenters. The van der Waals surface area contributed by atoms with Crippen LogP contribution in [0.2, 0.25) is 0 Å².